The van der Waals surface area contributed by atoms with Crippen molar-refractivity contribution in [2.75, 3.05) is 19.0 Å². The molecule has 2 aromatic heterocycles. The molecule has 0 unspecified atom stereocenters. The molecule has 0 saturated heterocycles. The molecule has 0 bridgehead atoms. The molecule has 0 saturated carbocycles. The Labute approximate surface area is 186 Å². The third-order valence-corrected chi connectivity index (χ3v) is 5.35. The number of aromatic nitrogens is 3. The van der Waals surface area contributed by atoms with Gasteiger partial charge in [0.15, 0.2) is 5.65 Å². The van der Waals surface area contributed by atoms with E-state index >= 15 is 0 Å². The first-order valence-electron chi connectivity index (χ1n) is 10.6. The molecule has 6 nitrogen and oxygen atoms in total. The number of pyridine rings is 1. The molecule has 4 aromatic rings. The molecule has 2 heterocycles. The third kappa shape index (κ3) is 5.11. The number of nitrogens with one attached hydrogen (secondary N) is 1. The predicted octanol–water partition coefficient (Wildman–Crippen LogP) is 3.93. The highest BCUT2D eigenvalue weighted by molar-refractivity contribution is 5.76. The van der Waals surface area contributed by atoms with Crippen molar-refractivity contribution in [1.29, 1.82) is 0 Å². The van der Waals surface area contributed by atoms with Crippen LogP contribution in [0.25, 0.3) is 11.2 Å². The number of carbonyl (C=O) groups excluding carboxylic acids is 1. The minimum atomic E-state index is -0.268. The van der Waals surface area contributed by atoms with Crippen LogP contribution in [0.15, 0.2) is 66.9 Å². The molecule has 0 aliphatic carbocycles. The van der Waals surface area contributed by atoms with Crippen molar-refractivity contribution in [3.05, 3.63) is 89.6 Å². The summed E-state index contributed by atoms with van der Waals surface area (Å²) in [6.45, 7) is 1.00. The van der Waals surface area contributed by atoms with Gasteiger partial charge in [-0.25, -0.2) is 14.4 Å². The zero-order valence-corrected chi connectivity index (χ0v) is 18.3. The fourth-order valence-electron chi connectivity index (χ4n) is 3.56. The average Bonchev–Trinajstić information content (AvgIpc) is 3.15. The molecule has 2 aromatic carbocycles. The normalized spacial score (nSPS) is 11.0. The molecule has 164 valence electrons. The summed E-state index contributed by atoms with van der Waals surface area (Å²) in [7, 11) is 3.99. The van der Waals surface area contributed by atoms with Crippen LogP contribution >= 0.6 is 0 Å². The molecule has 1 N–H and O–H groups in total. The van der Waals surface area contributed by atoms with Gasteiger partial charge in [0.25, 0.3) is 0 Å². The van der Waals surface area contributed by atoms with E-state index in [0.717, 1.165) is 33.8 Å². The van der Waals surface area contributed by atoms with Crippen molar-refractivity contribution >= 4 is 22.8 Å². The Kier molecular flexibility index (Phi) is 6.44. The topological polar surface area (TPSA) is 63.1 Å². The Hall–Kier alpha value is -3.74. The van der Waals surface area contributed by atoms with E-state index in [9.17, 15) is 9.18 Å². The lowest BCUT2D eigenvalue weighted by Crippen LogP contribution is -2.23. The maximum Gasteiger partial charge on any atom is 0.220 e. The zero-order valence-electron chi connectivity index (χ0n) is 18.3. The number of benzene rings is 2. The number of fused-ring (bicyclic) bond motifs is 1. The summed E-state index contributed by atoms with van der Waals surface area (Å²) in [5.74, 6) is 0.485. The first-order valence-corrected chi connectivity index (χ1v) is 10.6. The lowest BCUT2D eigenvalue weighted by Gasteiger charge is -2.13. The predicted molar refractivity (Wildman–Crippen MR) is 124 cm³/mol. The Morgan fingerprint density at radius 1 is 1.03 bits per heavy atom. The Morgan fingerprint density at radius 2 is 1.75 bits per heavy atom. The number of hydrogen-bond acceptors (Lipinski definition) is 4. The maximum absolute atomic E-state index is 13.3. The lowest BCUT2D eigenvalue weighted by molar-refractivity contribution is -0.121. The molecule has 4 rings (SSSR count). The second-order valence-electron chi connectivity index (χ2n) is 7.92. The van der Waals surface area contributed by atoms with E-state index in [1.807, 2.05) is 60.0 Å². The Bertz CT molecular complexity index is 1200. The summed E-state index contributed by atoms with van der Waals surface area (Å²) < 4.78 is 15.3. The number of halogens is 1. The Balaban J connectivity index is 1.42. The fourth-order valence-corrected chi connectivity index (χ4v) is 3.56. The van der Waals surface area contributed by atoms with Crippen LogP contribution in [-0.2, 0) is 24.3 Å². The molecule has 32 heavy (non-hydrogen) atoms. The number of amides is 1. The maximum atomic E-state index is 13.3. The van der Waals surface area contributed by atoms with Gasteiger partial charge in [-0.1, -0.05) is 24.3 Å². The molecule has 0 radical (unpaired) electrons. The van der Waals surface area contributed by atoms with Crippen molar-refractivity contribution < 1.29 is 9.18 Å². The second kappa shape index (κ2) is 9.60. The van der Waals surface area contributed by atoms with E-state index < -0.39 is 0 Å². The highest BCUT2D eigenvalue weighted by Gasteiger charge is 2.14. The van der Waals surface area contributed by atoms with Gasteiger partial charge in [-0.3, -0.25) is 4.79 Å². The molecular weight excluding hydrogens is 405 g/mol. The van der Waals surface area contributed by atoms with Crippen molar-refractivity contribution in [2.45, 2.75) is 25.9 Å². The van der Waals surface area contributed by atoms with Gasteiger partial charge in [0, 0.05) is 45.4 Å². The van der Waals surface area contributed by atoms with Gasteiger partial charge in [-0.15, -0.1) is 0 Å². The molecule has 0 atom stereocenters. The number of aryl methyl sites for hydroxylation is 1. The number of hydrogen-bond donors (Lipinski definition) is 1. The SMILES string of the molecule is CN(C)c1ccc(CNC(=O)CCc2nc3cccnc3n2Cc2ccc(F)cc2)cc1. The van der Waals surface area contributed by atoms with Gasteiger partial charge in [0.1, 0.15) is 17.2 Å². The second-order valence-corrected chi connectivity index (χ2v) is 7.92. The zero-order chi connectivity index (χ0) is 22.5. The smallest absolute Gasteiger partial charge is 0.220 e. The molecule has 0 fully saturated rings. The van der Waals surface area contributed by atoms with E-state index in [1.165, 1.54) is 12.1 Å². The summed E-state index contributed by atoms with van der Waals surface area (Å²) in [4.78, 5) is 23.7. The van der Waals surface area contributed by atoms with E-state index in [0.29, 0.717) is 25.9 Å². The monoisotopic (exact) mass is 431 g/mol. The first kappa shape index (κ1) is 21.5. The van der Waals surface area contributed by atoms with Crippen LogP contribution < -0.4 is 10.2 Å². The summed E-state index contributed by atoms with van der Waals surface area (Å²) in [6, 6.07) is 18.2. The third-order valence-electron chi connectivity index (χ3n) is 5.35. The number of anilines is 1. The molecule has 0 aliphatic rings. The number of rotatable bonds is 8. The number of nitrogens with zero attached hydrogens (tertiary/aromatic N) is 4. The van der Waals surface area contributed by atoms with Crippen LogP contribution in [0, 0.1) is 5.82 Å². The van der Waals surface area contributed by atoms with Gasteiger partial charge in [0.2, 0.25) is 5.91 Å². The van der Waals surface area contributed by atoms with Crippen molar-refractivity contribution in [3.63, 3.8) is 0 Å². The molecule has 1 amide bonds. The van der Waals surface area contributed by atoms with Gasteiger partial charge < -0.3 is 14.8 Å². The first-order chi connectivity index (χ1) is 15.5. The van der Waals surface area contributed by atoms with Crippen LogP contribution in [0.5, 0.6) is 0 Å². The van der Waals surface area contributed by atoms with Gasteiger partial charge in [-0.2, -0.15) is 0 Å². The minimum absolute atomic E-state index is 0.0324. The molecule has 0 spiro atoms. The molecular formula is C25H26FN5O. The van der Waals surface area contributed by atoms with Crippen LogP contribution in [0.4, 0.5) is 10.1 Å². The summed E-state index contributed by atoms with van der Waals surface area (Å²) >= 11 is 0. The summed E-state index contributed by atoms with van der Waals surface area (Å²) in [5.41, 5.74) is 4.66. The van der Waals surface area contributed by atoms with Gasteiger partial charge in [0.05, 0.1) is 6.54 Å². The standard InChI is InChI=1S/C25H26FN5O/c1-30(2)21-11-7-18(8-12-21)16-28-24(32)14-13-23-29-22-4-3-15-27-25(22)31(23)17-19-5-9-20(26)10-6-19/h3-12,15H,13-14,16-17H2,1-2H3,(H,28,32). The summed E-state index contributed by atoms with van der Waals surface area (Å²) in [5, 5.41) is 2.98. The Morgan fingerprint density at radius 3 is 2.47 bits per heavy atom. The van der Waals surface area contributed by atoms with Crippen LogP contribution in [0.3, 0.4) is 0 Å². The van der Waals surface area contributed by atoms with Gasteiger partial charge >= 0.3 is 0 Å². The van der Waals surface area contributed by atoms with E-state index in [4.69, 9.17) is 0 Å². The quantitative estimate of drug-likeness (QED) is 0.459. The molecule has 7 heteroatoms. The highest BCUT2D eigenvalue weighted by atomic mass is 19.1. The van der Waals surface area contributed by atoms with Crippen LogP contribution in [0.2, 0.25) is 0 Å². The van der Waals surface area contributed by atoms with Crippen molar-refractivity contribution in [1.82, 2.24) is 19.9 Å². The van der Waals surface area contributed by atoms with E-state index in [2.05, 4.69) is 15.3 Å². The average molecular weight is 432 g/mol. The number of imidazole rings is 1. The van der Waals surface area contributed by atoms with Gasteiger partial charge in [-0.05, 0) is 47.5 Å². The van der Waals surface area contributed by atoms with Crippen molar-refractivity contribution in [2.24, 2.45) is 0 Å². The van der Waals surface area contributed by atoms with E-state index in [1.54, 1.807) is 18.3 Å². The van der Waals surface area contributed by atoms with Crippen LogP contribution in [0.1, 0.15) is 23.4 Å². The lowest BCUT2D eigenvalue weighted by atomic mass is 10.2. The van der Waals surface area contributed by atoms with E-state index in [-0.39, 0.29) is 11.7 Å². The largest absolute Gasteiger partial charge is 0.378 e. The van der Waals surface area contributed by atoms with Crippen molar-refractivity contribution in [3.8, 4) is 0 Å². The number of carbonyl (C=O) groups is 1. The fraction of sp³-hybridized carbons (Fsp3) is 0.240. The van der Waals surface area contributed by atoms with Crippen LogP contribution in [-0.4, -0.2) is 34.5 Å². The minimum Gasteiger partial charge on any atom is -0.378 e. The summed E-state index contributed by atoms with van der Waals surface area (Å²) in [6.07, 6.45) is 2.54. The molecule has 0 aliphatic heterocycles. The highest BCUT2D eigenvalue weighted by Crippen LogP contribution is 2.18.